The summed E-state index contributed by atoms with van der Waals surface area (Å²) in [4.78, 5) is 0. The molecule has 0 spiro atoms. The molecule has 0 amide bonds. The monoisotopic (exact) mass is 179 g/mol. The summed E-state index contributed by atoms with van der Waals surface area (Å²) in [6, 6.07) is 2.14. The zero-order valence-corrected chi connectivity index (χ0v) is 7.53. The number of nitriles is 1. The molecule has 0 bridgehead atoms. The van der Waals surface area contributed by atoms with Crippen LogP contribution in [0.25, 0.3) is 0 Å². The van der Waals surface area contributed by atoms with Crippen LogP contribution >= 0.6 is 0 Å². The third kappa shape index (κ3) is 1.37. The Labute approximate surface area is 77.9 Å². The molecule has 2 aliphatic rings. The maximum absolute atomic E-state index is 8.71. The van der Waals surface area contributed by atoms with E-state index in [9.17, 15) is 0 Å². The van der Waals surface area contributed by atoms with Crippen molar-refractivity contribution < 1.29 is 9.47 Å². The summed E-state index contributed by atoms with van der Waals surface area (Å²) >= 11 is 0. The first-order chi connectivity index (χ1) is 6.37. The lowest BCUT2D eigenvalue weighted by Crippen LogP contribution is -2.37. The Morgan fingerprint density at radius 3 is 2.46 bits per heavy atom. The molecule has 0 saturated heterocycles. The van der Waals surface area contributed by atoms with Gasteiger partial charge in [0, 0.05) is 5.92 Å². The van der Waals surface area contributed by atoms with E-state index in [-0.39, 0.29) is 0 Å². The molecule has 2 rings (SSSR count). The number of hydrogen-bond donors (Lipinski definition) is 0. The van der Waals surface area contributed by atoms with Crippen molar-refractivity contribution in [3.8, 4) is 6.07 Å². The molecule has 13 heavy (non-hydrogen) atoms. The lowest BCUT2D eigenvalue weighted by atomic mass is 9.94. The van der Waals surface area contributed by atoms with Crippen LogP contribution in [0, 0.1) is 17.2 Å². The smallest absolute Gasteiger partial charge is 0.265 e. The molecular weight excluding hydrogens is 166 g/mol. The van der Waals surface area contributed by atoms with Crippen molar-refractivity contribution in [2.45, 2.75) is 37.9 Å². The first-order valence-electron chi connectivity index (χ1n) is 4.75. The second-order valence-electron chi connectivity index (χ2n) is 3.64. The van der Waals surface area contributed by atoms with Crippen LogP contribution in [0.3, 0.4) is 0 Å². The summed E-state index contributed by atoms with van der Waals surface area (Å²) in [7, 11) is 0. The van der Waals surface area contributed by atoms with Gasteiger partial charge in [-0.05, 0) is 12.8 Å². The minimum absolute atomic E-state index is 0.324. The van der Waals surface area contributed by atoms with Crippen molar-refractivity contribution in [1.29, 1.82) is 5.26 Å². The van der Waals surface area contributed by atoms with E-state index in [0.29, 0.717) is 12.3 Å². The van der Waals surface area contributed by atoms with Crippen LogP contribution in [-0.4, -0.2) is 5.79 Å². The Morgan fingerprint density at radius 2 is 1.92 bits per heavy atom. The van der Waals surface area contributed by atoms with Crippen LogP contribution in [0.5, 0.6) is 0 Å². The lowest BCUT2D eigenvalue weighted by molar-refractivity contribution is -0.176. The molecule has 0 radical (unpaired) electrons. The van der Waals surface area contributed by atoms with E-state index in [1.54, 1.807) is 12.5 Å². The number of nitrogens with zero attached hydrogens (tertiary/aromatic N) is 1. The fraction of sp³-hybridized carbons (Fsp3) is 0.700. The second kappa shape index (κ2) is 3.29. The van der Waals surface area contributed by atoms with Gasteiger partial charge in [-0.25, -0.2) is 0 Å². The second-order valence-corrected chi connectivity index (χ2v) is 3.64. The quantitative estimate of drug-likeness (QED) is 0.653. The van der Waals surface area contributed by atoms with Crippen LogP contribution in [0.2, 0.25) is 0 Å². The van der Waals surface area contributed by atoms with E-state index < -0.39 is 5.79 Å². The van der Waals surface area contributed by atoms with Crippen molar-refractivity contribution in [3.05, 3.63) is 12.5 Å². The predicted octanol–water partition coefficient (Wildman–Crippen LogP) is 2.30. The maximum Gasteiger partial charge on any atom is 0.265 e. The Balaban J connectivity index is 2.09. The average Bonchev–Trinajstić information content (AvgIpc) is 2.73. The Morgan fingerprint density at radius 1 is 1.31 bits per heavy atom. The summed E-state index contributed by atoms with van der Waals surface area (Å²) in [6.45, 7) is 0. The number of rotatable bonds is 2. The SMILES string of the molecule is N#CCC1(C2CCCC2)OC=CO1. The largest absolute Gasteiger partial charge is 0.455 e. The minimum Gasteiger partial charge on any atom is -0.455 e. The van der Waals surface area contributed by atoms with Crippen LogP contribution < -0.4 is 0 Å². The number of ether oxygens (including phenoxy) is 2. The zero-order valence-electron chi connectivity index (χ0n) is 7.53. The van der Waals surface area contributed by atoms with E-state index in [2.05, 4.69) is 6.07 Å². The van der Waals surface area contributed by atoms with Crippen LogP contribution in [0.15, 0.2) is 12.5 Å². The van der Waals surface area contributed by atoms with Gasteiger partial charge in [-0.1, -0.05) is 12.8 Å². The first-order valence-corrected chi connectivity index (χ1v) is 4.75. The molecule has 1 heterocycles. The van der Waals surface area contributed by atoms with Crippen LogP contribution in [0.1, 0.15) is 32.1 Å². The Bertz CT molecular complexity index is 240. The highest BCUT2D eigenvalue weighted by molar-refractivity contribution is 4.96. The van der Waals surface area contributed by atoms with Gasteiger partial charge in [-0.15, -0.1) is 0 Å². The maximum atomic E-state index is 8.71. The standard InChI is InChI=1S/C10H13NO2/c11-6-5-10(12-7-8-13-10)9-3-1-2-4-9/h7-9H,1-5H2. The van der Waals surface area contributed by atoms with E-state index in [1.165, 1.54) is 12.8 Å². The fourth-order valence-electron chi connectivity index (χ4n) is 2.21. The molecule has 0 atom stereocenters. The molecule has 1 aliphatic heterocycles. The van der Waals surface area contributed by atoms with Gasteiger partial charge in [-0.3, -0.25) is 0 Å². The normalized spacial score (nSPS) is 25.2. The highest BCUT2D eigenvalue weighted by Crippen LogP contribution is 2.41. The Hall–Kier alpha value is -1.17. The van der Waals surface area contributed by atoms with Gasteiger partial charge in [0.2, 0.25) is 0 Å². The van der Waals surface area contributed by atoms with E-state index in [0.717, 1.165) is 12.8 Å². The van der Waals surface area contributed by atoms with Gasteiger partial charge in [0.25, 0.3) is 5.79 Å². The molecule has 0 aromatic heterocycles. The van der Waals surface area contributed by atoms with Crippen molar-refractivity contribution in [2.24, 2.45) is 5.92 Å². The van der Waals surface area contributed by atoms with Crippen molar-refractivity contribution >= 4 is 0 Å². The topological polar surface area (TPSA) is 42.2 Å². The molecule has 1 aliphatic carbocycles. The molecule has 0 unspecified atom stereocenters. The summed E-state index contributed by atoms with van der Waals surface area (Å²) in [6.07, 6.45) is 8.11. The number of hydrogen-bond acceptors (Lipinski definition) is 3. The van der Waals surface area contributed by atoms with E-state index in [4.69, 9.17) is 14.7 Å². The van der Waals surface area contributed by atoms with Gasteiger partial charge in [0.15, 0.2) is 0 Å². The fourth-order valence-corrected chi connectivity index (χ4v) is 2.21. The molecular formula is C10H13NO2. The summed E-state index contributed by atoms with van der Waals surface area (Å²) in [5, 5.41) is 8.71. The third-order valence-electron chi connectivity index (χ3n) is 2.89. The first kappa shape index (κ1) is 8.43. The van der Waals surface area contributed by atoms with Gasteiger partial charge < -0.3 is 9.47 Å². The highest BCUT2D eigenvalue weighted by atomic mass is 16.7. The van der Waals surface area contributed by atoms with Crippen molar-refractivity contribution in [3.63, 3.8) is 0 Å². The van der Waals surface area contributed by atoms with Gasteiger partial charge >= 0.3 is 0 Å². The van der Waals surface area contributed by atoms with E-state index >= 15 is 0 Å². The molecule has 1 saturated carbocycles. The molecule has 3 nitrogen and oxygen atoms in total. The van der Waals surface area contributed by atoms with Crippen LogP contribution in [-0.2, 0) is 9.47 Å². The van der Waals surface area contributed by atoms with E-state index in [1.807, 2.05) is 0 Å². The lowest BCUT2D eigenvalue weighted by Gasteiger charge is -2.30. The third-order valence-corrected chi connectivity index (χ3v) is 2.89. The van der Waals surface area contributed by atoms with Gasteiger partial charge in [0.05, 0.1) is 6.07 Å². The molecule has 0 aromatic rings. The summed E-state index contributed by atoms with van der Waals surface area (Å²) < 4.78 is 10.9. The minimum atomic E-state index is -0.648. The molecule has 0 aromatic carbocycles. The van der Waals surface area contributed by atoms with Gasteiger partial charge in [-0.2, -0.15) is 5.26 Å². The molecule has 1 fully saturated rings. The Kier molecular flexibility index (Phi) is 2.13. The average molecular weight is 179 g/mol. The molecule has 3 heteroatoms. The highest BCUT2D eigenvalue weighted by Gasteiger charge is 2.45. The van der Waals surface area contributed by atoms with Crippen molar-refractivity contribution in [2.75, 3.05) is 0 Å². The van der Waals surface area contributed by atoms with Crippen molar-refractivity contribution in [1.82, 2.24) is 0 Å². The zero-order chi connectivity index (χ0) is 9.15. The predicted molar refractivity (Wildman–Crippen MR) is 46.2 cm³/mol. The van der Waals surface area contributed by atoms with Gasteiger partial charge in [0.1, 0.15) is 18.9 Å². The molecule has 0 N–H and O–H groups in total. The van der Waals surface area contributed by atoms with Crippen LogP contribution in [0.4, 0.5) is 0 Å². The summed E-state index contributed by atoms with van der Waals surface area (Å²) in [5.41, 5.74) is 0. The summed E-state index contributed by atoms with van der Waals surface area (Å²) in [5.74, 6) is -0.257. The molecule has 70 valence electrons.